The fourth-order valence-electron chi connectivity index (χ4n) is 3.06. The minimum Gasteiger partial charge on any atom is -0.303 e. The first-order chi connectivity index (χ1) is 12.0. The summed E-state index contributed by atoms with van der Waals surface area (Å²) in [7, 11) is 0. The van der Waals surface area contributed by atoms with Gasteiger partial charge in [-0.15, -0.1) is 0 Å². The molecule has 0 amide bonds. The molecule has 1 aromatic heterocycles. The molecule has 3 nitrogen and oxygen atoms in total. The van der Waals surface area contributed by atoms with Crippen LogP contribution < -0.4 is 5.56 Å². The van der Waals surface area contributed by atoms with Crippen LogP contribution in [0.2, 0.25) is 0 Å². The maximum atomic E-state index is 13.0. The molecule has 0 aliphatic rings. The quantitative estimate of drug-likeness (QED) is 0.671. The summed E-state index contributed by atoms with van der Waals surface area (Å²) in [6, 6.07) is 20.1. The van der Waals surface area contributed by atoms with Crippen LogP contribution >= 0.6 is 0 Å². The van der Waals surface area contributed by atoms with Crippen LogP contribution in [0.15, 0.2) is 59.4 Å². The van der Waals surface area contributed by atoms with Gasteiger partial charge in [-0.1, -0.05) is 55.5 Å². The van der Waals surface area contributed by atoms with Gasteiger partial charge in [0.2, 0.25) is 0 Å². The van der Waals surface area contributed by atoms with Crippen LogP contribution in [0, 0.1) is 32.1 Å². The molecule has 0 unspecified atom stereocenters. The molecule has 132 valence electrons. The maximum Gasteiger partial charge on any atom is 0.269 e. The molecule has 0 bridgehead atoms. The Morgan fingerprint density at radius 1 is 0.962 bits per heavy atom. The van der Waals surface area contributed by atoms with Crippen molar-refractivity contribution in [3.8, 4) is 17.3 Å². The summed E-state index contributed by atoms with van der Waals surface area (Å²) < 4.78 is 1.71. The van der Waals surface area contributed by atoms with Gasteiger partial charge in [0, 0.05) is 0 Å². The minimum absolute atomic E-state index is 0. The van der Waals surface area contributed by atoms with Crippen LogP contribution in [-0.4, -0.2) is 4.57 Å². The molecule has 1 heterocycles. The van der Waals surface area contributed by atoms with E-state index in [1.807, 2.05) is 69.3 Å². The Bertz CT molecular complexity index is 1040. The van der Waals surface area contributed by atoms with E-state index in [0.717, 1.165) is 27.9 Å². The lowest BCUT2D eigenvalue weighted by molar-refractivity contribution is 0.759. The predicted molar refractivity (Wildman–Crippen MR) is 107 cm³/mol. The SMILES string of the molecule is C.Cc1cccc(-c2cc(C)c(C#N)c(=O)n2Cc2ccccc2C)c1. The Hall–Kier alpha value is -3.12. The van der Waals surface area contributed by atoms with Crippen LogP contribution in [0.1, 0.15) is 35.2 Å². The lowest BCUT2D eigenvalue weighted by Crippen LogP contribution is -2.26. The third-order valence-electron chi connectivity index (χ3n) is 4.51. The van der Waals surface area contributed by atoms with Crippen molar-refractivity contribution in [2.75, 3.05) is 0 Å². The van der Waals surface area contributed by atoms with Gasteiger partial charge in [-0.05, 0) is 55.2 Å². The Morgan fingerprint density at radius 3 is 2.35 bits per heavy atom. The standard InChI is InChI=1S/C22H20N2O.CH4/c1-15-7-6-10-18(11-15)21-12-17(3)20(13-23)22(25)24(21)14-19-9-5-4-8-16(19)2;/h4-12H,14H2,1-3H3;1H4. The van der Waals surface area contributed by atoms with Gasteiger partial charge in [-0.2, -0.15) is 5.26 Å². The highest BCUT2D eigenvalue weighted by atomic mass is 16.1. The Kier molecular flexibility index (Phi) is 5.79. The van der Waals surface area contributed by atoms with E-state index in [2.05, 4.69) is 12.1 Å². The number of nitrogens with zero attached hydrogens (tertiary/aromatic N) is 2. The van der Waals surface area contributed by atoms with Crippen molar-refractivity contribution in [1.82, 2.24) is 4.57 Å². The highest BCUT2D eigenvalue weighted by Crippen LogP contribution is 2.23. The van der Waals surface area contributed by atoms with Crippen molar-refractivity contribution in [1.29, 1.82) is 5.26 Å². The third kappa shape index (κ3) is 3.60. The smallest absolute Gasteiger partial charge is 0.269 e. The monoisotopic (exact) mass is 344 g/mol. The first-order valence-corrected chi connectivity index (χ1v) is 8.27. The topological polar surface area (TPSA) is 45.8 Å². The fraction of sp³-hybridized carbons (Fsp3) is 0.217. The fourth-order valence-corrected chi connectivity index (χ4v) is 3.06. The zero-order valence-corrected chi connectivity index (χ0v) is 14.7. The molecule has 0 saturated heterocycles. The number of nitriles is 1. The lowest BCUT2D eigenvalue weighted by atomic mass is 10.0. The van der Waals surface area contributed by atoms with Gasteiger partial charge in [0.1, 0.15) is 11.6 Å². The number of hydrogen-bond donors (Lipinski definition) is 0. The molecule has 3 aromatic rings. The lowest BCUT2D eigenvalue weighted by Gasteiger charge is -2.16. The first-order valence-electron chi connectivity index (χ1n) is 8.27. The van der Waals surface area contributed by atoms with Crippen molar-refractivity contribution in [2.45, 2.75) is 34.7 Å². The van der Waals surface area contributed by atoms with Gasteiger partial charge >= 0.3 is 0 Å². The van der Waals surface area contributed by atoms with Crippen LogP contribution in [0.5, 0.6) is 0 Å². The number of pyridine rings is 1. The normalized spacial score (nSPS) is 10.1. The van der Waals surface area contributed by atoms with Gasteiger partial charge in [-0.3, -0.25) is 4.79 Å². The second-order valence-electron chi connectivity index (χ2n) is 6.39. The van der Waals surface area contributed by atoms with Crippen molar-refractivity contribution in [3.05, 3.63) is 92.8 Å². The van der Waals surface area contributed by atoms with E-state index in [0.29, 0.717) is 12.1 Å². The number of hydrogen-bond acceptors (Lipinski definition) is 2. The van der Waals surface area contributed by atoms with E-state index < -0.39 is 0 Å². The number of benzene rings is 2. The number of aromatic nitrogens is 1. The van der Waals surface area contributed by atoms with E-state index in [1.165, 1.54) is 0 Å². The molecule has 0 atom stereocenters. The largest absolute Gasteiger partial charge is 0.303 e. The second-order valence-corrected chi connectivity index (χ2v) is 6.39. The molecule has 0 N–H and O–H groups in total. The number of rotatable bonds is 3. The minimum atomic E-state index is -0.234. The average molecular weight is 344 g/mol. The van der Waals surface area contributed by atoms with Crippen LogP contribution in [-0.2, 0) is 6.54 Å². The molecule has 0 radical (unpaired) electrons. The molecule has 0 aliphatic carbocycles. The molecular weight excluding hydrogens is 320 g/mol. The van der Waals surface area contributed by atoms with Crippen molar-refractivity contribution in [2.24, 2.45) is 0 Å². The van der Waals surface area contributed by atoms with E-state index in [4.69, 9.17) is 0 Å². The van der Waals surface area contributed by atoms with E-state index in [-0.39, 0.29) is 18.5 Å². The summed E-state index contributed by atoms with van der Waals surface area (Å²) in [6.07, 6.45) is 0. The van der Waals surface area contributed by atoms with Crippen molar-refractivity contribution >= 4 is 0 Å². The summed E-state index contributed by atoms with van der Waals surface area (Å²) in [5.74, 6) is 0. The maximum absolute atomic E-state index is 13.0. The highest BCUT2D eigenvalue weighted by Gasteiger charge is 2.15. The van der Waals surface area contributed by atoms with E-state index >= 15 is 0 Å². The zero-order valence-electron chi connectivity index (χ0n) is 14.7. The van der Waals surface area contributed by atoms with Gasteiger partial charge in [0.15, 0.2) is 0 Å². The van der Waals surface area contributed by atoms with Gasteiger partial charge in [-0.25, -0.2) is 0 Å². The molecule has 3 rings (SSSR count). The Balaban J connectivity index is 0.00000243. The summed E-state index contributed by atoms with van der Waals surface area (Å²) in [6.45, 7) is 6.33. The number of aryl methyl sites for hydroxylation is 3. The molecule has 0 saturated carbocycles. The Morgan fingerprint density at radius 2 is 1.69 bits per heavy atom. The molecule has 0 spiro atoms. The van der Waals surface area contributed by atoms with E-state index in [9.17, 15) is 10.1 Å². The highest BCUT2D eigenvalue weighted by molar-refractivity contribution is 5.63. The van der Waals surface area contributed by atoms with Crippen molar-refractivity contribution in [3.63, 3.8) is 0 Å². The first kappa shape index (κ1) is 19.2. The molecule has 0 fully saturated rings. The molecule has 26 heavy (non-hydrogen) atoms. The summed E-state index contributed by atoms with van der Waals surface area (Å²) in [4.78, 5) is 13.0. The van der Waals surface area contributed by atoms with E-state index in [1.54, 1.807) is 4.57 Å². The molecule has 0 aliphatic heterocycles. The van der Waals surface area contributed by atoms with Crippen molar-refractivity contribution < 1.29 is 0 Å². The predicted octanol–water partition coefficient (Wildman–Crippen LogP) is 5.00. The average Bonchev–Trinajstić information content (AvgIpc) is 2.59. The summed E-state index contributed by atoms with van der Waals surface area (Å²) >= 11 is 0. The molecular formula is C23H24N2O. The van der Waals surface area contributed by atoms with Gasteiger partial charge < -0.3 is 4.57 Å². The summed E-state index contributed by atoms with van der Waals surface area (Å²) in [5.41, 5.74) is 5.85. The molecule has 3 heteroatoms. The zero-order chi connectivity index (χ0) is 18.0. The van der Waals surface area contributed by atoms with Crippen LogP contribution in [0.25, 0.3) is 11.3 Å². The Labute approximate surface area is 155 Å². The third-order valence-corrected chi connectivity index (χ3v) is 4.51. The van der Waals surface area contributed by atoms with Crippen LogP contribution in [0.3, 0.4) is 0 Å². The molecule has 2 aromatic carbocycles. The summed E-state index contributed by atoms with van der Waals surface area (Å²) in [5, 5.41) is 9.39. The van der Waals surface area contributed by atoms with Crippen LogP contribution in [0.4, 0.5) is 0 Å². The van der Waals surface area contributed by atoms with Gasteiger partial charge in [0.25, 0.3) is 5.56 Å². The second kappa shape index (κ2) is 7.84. The van der Waals surface area contributed by atoms with Gasteiger partial charge in [0.05, 0.1) is 12.2 Å².